The van der Waals surface area contributed by atoms with Gasteiger partial charge in [-0.05, 0) is 18.6 Å². The predicted octanol–water partition coefficient (Wildman–Crippen LogP) is 2.86. The Morgan fingerprint density at radius 1 is 1.16 bits per heavy atom. The molecule has 25 heavy (non-hydrogen) atoms. The standard InChI is InChI=1S/C17H15N3O5/c1-2-3-4-10(20-8-7-18-9-20)14-13-11(25-19-14)5-6-12-15(13)24-17(22)16(21)23-12/h5-10H,2-4H2,1H3. The second kappa shape index (κ2) is 6.04. The molecule has 0 aliphatic rings. The van der Waals surface area contributed by atoms with Gasteiger partial charge in [-0.25, -0.2) is 14.6 Å². The Hall–Kier alpha value is -3.16. The molecule has 1 aromatic carbocycles. The number of imidazole rings is 1. The van der Waals surface area contributed by atoms with E-state index in [2.05, 4.69) is 17.1 Å². The largest absolute Gasteiger partial charge is 0.423 e. The highest BCUT2D eigenvalue weighted by atomic mass is 16.5. The van der Waals surface area contributed by atoms with Gasteiger partial charge in [0.05, 0.1) is 17.8 Å². The third-order valence-electron chi connectivity index (χ3n) is 4.18. The Morgan fingerprint density at radius 2 is 1.96 bits per heavy atom. The maximum atomic E-state index is 11.6. The summed E-state index contributed by atoms with van der Waals surface area (Å²) < 4.78 is 17.6. The molecule has 0 N–H and O–H groups in total. The molecule has 0 saturated carbocycles. The minimum absolute atomic E-state index is 0.133. The zero-order valence-electron chi connectivity index (χ0n) is 13.5. The summed E-state index contributed by atoms with van der Waals surface area (Å²) in [5.41, 5.74) is -0.673. The zero-order chi connectivity index (χ0) is 17.4. The fraction of sp³-hybridized carbons (Fsp3) is 0.294. The van der Waals surface area contributed by atoms with Gasteiger partial charge in [0.2, 0.25) is 0 Å². The molecule has 4 rings (SSSR count). The van der Waals surface area contributed by atoms with Crippen LogP contribution < -0.4 is 11.3 Å². The topological polar surface area (TPSA) is 104 Å². The molecule has 1 unspecified atom stereocenters. The lowest BCUT2D eigenvalue weighted by Crippen LogP contribution is -2.21. The first-order valence-electron chi connectivity index (χ1n) is 8.02. The van der Waals surface area contributed by atoms with Gasteiger partial charge in [-0.1, -0.05) is 24.9 Å². The van der Waals surface area contributed by atoms with Crippen molar-refractivity contribution in [3.05, 3.63) is 57.4 Å². The minimum atomic E-state index is -1.06. The summed E-state index contributed by atoms with van der Waals surface area (Å²) in [6.45, 7) is 2.11. The molecule has 1 atom stereocenters. The van der Waals surface area contributed by atoms with E-state index in [1.807, 2.05) is 10.8 Å². The molecular weight excluding hydrogens is 326 g/mol. The lowest BCUT2D eigenvalue weighted by molar-refractivity contribution is 0.415. The van der Waals surface area contributed by atoms with Crippen molar-refractivity contribution in [1.82, 2.24) is 14.7 Å². The van der Waals surface area contributed by atoms with Crippen LogP contribution in [0.5, 0.6) is 0 Å². The smallest absolute Gasteiger partial charge is 0.414 e. The molecular formula is C17H15N3O5. The second-order valence-electron chi connectivity index (χ2n) is 5.78. The van der Waals surface area contributed by atoms with E-state index < -0.39 is 11.3 Å². The Labute approximate surface area is 140 Å². The van der Waals surface area contributed by atoms with Crippen LogP contribution in [0.2, 0.25) is 0 Å². The van der Waals surface area contributed by atoms with Gasteiger partial charge < -0.3 is 17.9 Å². The third-order valence-corrected chi connectivity index (χ3v) is 4.18. The first kappa shape index (κ1) is 15.4. The second-order valence-corrected chi connectivity index (χ2v) is 5.78. The van der Waals surface area contributed by atoms with Crippen molar-refractivity contribution >= 4 is 22.1 Å². The SMILES string of the molecule is CCCCC(c1noc2ccc3oc(=O)c(=O)oc3c12)n1ccnc1. The first-order chi connectivity index (χ1) is 12.2. The predicted molar refractivity (Wildman–Crippen MR) is 88.5 cm³/mol. The molecule has 8 nitrogen and oxygen atoms in total. The molecule has 3 aromatic heterocycles. The van der Waals surface area contributed by atoms with Crippen LogP contribution in [-0.4, -0.2) is 14.7 Å². The minimum Gasteiger partial charge on any atom is -0.414 e. The van der Waals surface area contributed by atoms with Crippen molar-refractivity contribution in [2.45, 2.75) is 32.2 Å². The number of unbranched alkanes of at least 4 members (excludes halogenated alkanes) is 1. The Bertz CT molecular complexity index is 1140. The molecule has 128 valence electrons. The van der Waals surface area contributed by atoms with Gasteiger partial charge in [-0.15, -0.1) is 0 Å². The fourth-order valence-electron chi connectivity index (χ4n) is 2.97. The molecule has 0 aliphatic carbocycles. The van der Waals surface area contributed by atoms with Gasteiger partial charge in [0.15, 0.2) is 16.7 Å². The van der Waals surface area contributed by atoms with Crippen LogP contribution in [0.4, 0.5) is 0 Å². The quantitative estimate of drug-likeness (QED) is 0.514. The number of rotatable bonds is 5. The highest BCUT2D eigenvalue weighted by molar-refractivity contribution is 6.01. The summed E-state index contributed by atoms with van der Waals surface area (Å²) >= 11 is 0. The third kappa shape index (κ3) is 2.55. The maximum absolute atomic E-state index is 11.6. The van der Waals surface area contributed by atoms with Gasteiger partial charge in [0, 0.05) is 12.4 Å². The van der Waals surface area contributed by atoms with E-state index in [1.54, 1.807) is 18.6 Å². The summed E-state index contributed by atoms with van der Waals surface area (Å²) in [4.78, 5) is 27.2. The van der Waals surface area contributed by atoms with E-state index in [1.165, 1.54) is 6.07 Å². The van der Waals surface area contributed by atoms with Gasteiger partial charge in [0.25, 0.3) is 0 Å². The first-order valence-corrected chi connectivity index (χ1v) is 8.02. The van der Waals surface area contributed by atoms with E-state index in [4.69, 9.17) is 13.4 Å². The molecule has 8 heteroatoms. The number of benzene rings is 1. The highest BCUT2D eigenvalue weighted by Gasteiger charge is 2.24. The van der Waals surface area contributed by atoms with Crippen molar-refractivity contribution in [1.29, 1.82) is 0 Å². The van der Waals surface area contributed by atoms with Gasteiger partial charge in [0.1, 0.15) is 5.69 Å². The van der Waals surface area contributed by atoms with E-state index in [0.717, 1.165) is 19.3 Å². The van der Waals surface area contributed by atoms with Crippen LogP contribution in [0, 0.1) is 0 Å². The van der Waals surface area contributed by atoms with Gasteiger partial charge in [-0.2, -0.15) is 0 Å². The average Bonchev–Trinajstić information content (AvgIpc) is 3.27. The Morgan fingerprint density at radius 3 is 2.72 bits per heavy atom. The van der Waals surface area contributed by atoms with Crippen molar-refractivity contribution in [3.63, 3.8) is 0 Å². The summed E-state index contributed by atoms with van der Waals surface area (Å²) in [7, 11) is 0. The fourth-order valence-corrected chi connectivity index (χ4v) is 2.97. The van der Waals surface area contributed by atoms with E-state index >= 15 is 0 Å². The Kier molecular flexibility index (Phi) is 3.72. The summed E-state index contributed by atoms with van der Waals surface area (Å²) in [6, 6.07) is 3.03. The normalized spacial score (nSPS) is 12.8. The van der Waals surface area contributed by atoms with Crippen LogP contribution in [0.15, 0.2) is 53.8 Å². The van der Waals surface area contributed by atoms with Gasteiger partial charge >= 0.3 is 11.3 Å². The summed E-state index contributed by atoms with van der Waals surface area (Å²) in [5, 5.41) is 4.74. The molecule has 0 bridgehead atoms. The van der Waals surface area contributed by atoms with Crippen molar-refractivity contribution < 1.29 is 13.4 Å². The van der Waals surface area contributed by atoms with Gasteiger partial charge in [-0.3, -0.25) is 0 Å². The number of fused-ring (bicyclic) bond motifs is 3. The van der Waals surface area contributed by atoms with Crippen LogP contribution in [0.1, 0.15) is 37.9 Å². The molecule has 0 spiro atoms. The Balaban J connectivity index is 2.00. The molecule has 0 radical (unpaired) electrons. The summed E-state index contributed by atoms with van der Waals surface area (Å²) in [6.07, 6.45) is 8.06. The number of nitrogens with zero attached hydrogens (tertiary/aromatic N) is 3. The average molecular weight is 341 g/mol. The van der Waals surface area contributed by atoms with Crippen LogP contribution in [0.3, 0.4) is 0 Å². The zero-order valence-corrected chi connectivity index (χ0v) is 13.5. The lowest BCUT2D eigenvalue weighted by Gasteiger charge is -2.15. The number of hydrogen-bond donors (Lipinski definition) is 0. The van der Waals surface area contributed by atoms with E-state index in [9.17, 15) is 9.59 Å². The molecule has 0 fully saturated rings. The van der Waals surface area contributed by atoms with Crippen molar-refractivity contribution in [3.8, 4) is 0 Å². The van der Waals surface area contributed by atoms with Crippen LogP contribution in [0.25, 0.3) is 22.1 Å². The molecule has 0 saturated heterocycles. The number of hydrogen-bond acceptors (Lipinski definition) is 7. The molecule has 0 amide bonds. The summed E-state index contributed by atoms with van der Waals surface area (Å²) in [5.74, 6) is 0. The molecule has 4 aromatic rings. The van der Waals surface area contributed by atoms with Crippen LogP contribution in [-0.2, 0) is 0 Å². The highest BCUT2D eigenvalue weighted by Crippen LogP contribution is 2.34. The van der Waals surface area contributed by atoms with E-state index in [0.29, 0.717) is 16.7 Å². The maximum Gasteiger partial charge on any atom is 0.423 e. The lowest BCUT2D eigenvalue weighted by atomic mass is 10.0. The monoisotopic (exact) mass is 341 g/mol. The van der Waals surface area contributed by atoms with Crippen molar-refractivity contribution in [2.75, 3.05) is 0 Å². The van der Waals surface area contributed by atoms with Crippen molar-refractivity contribution in [2.24, 2.45) is 0 Å². The molecule has 3 heterocycles. The number of aromatic nitrogens is 3. The molecule has 0 aliphatic heterocycles. The van der Waals surface area contributed by atoms with Crippen LogP contribution >= 0.6 is 0 Å². The van der Waals surface area contributed by atoms with E-state index in [-0.39, 0.29) is 17.2 Å².